The molecule has 148 valence electrons. The van der Waals surface area contributed by atoms with Gasteiger partial charge >= 0.3 is 18.7 Å². The van der Waals surface area contributed by atoms with Gasteiger partial charge in [-0.1, -0.05) is 18.2 Å². The average molecular weight is 390 g/mol. The van der Waals surface area contributed by atoms with Crippen LogP contribution in [0.4, 0.5) is 29.7 Å². The summed E-state index contributed by atoms with van der Waals surface area (Å²) in [7, 11) is 1.62. The molecule has 2 aromatic carbocycles. The lowest BCUT2D eigenvalue weighted by atomic mass is 10.2. The number of carbonyl (C=O) groups excluding carboxylic acids is 2. The van der Waals surface area contributed by atoms with E-state index in [9.17, 15) is 18.4 Å². The minimum atomic E-state index is -2.87. The maximum atomic E-state index is 12.4. The van der Waals surface area contributed by atoms with Crippen molar-refractivity contribution in [2.24, 2.45) is 0 Å². The second-order valence-corrected chi connectivity index (χ2v) is 6.24. The Bertz CT molecular complexity index is 845. The molecular weight excluding hydrogens is 370 g/mol. The minimum Gasteiger partial charge on any atom is -0.435 e. The summed E-state index contributed by atoms with van der Waals surface area (Å²) in [6.07, 6.45) is 0. The predicted octanol–water partition coefficient (Wildman–Crippen LogP) is 3.48. The number of hydrogen-bond acceptors (Lipinski definition) is 3. The first-order chi connectivity index (χ1) is 13.4. The van der Waals surface area contributed by atoms with Gasteiger partial charge in [0.05, 0.1) is 0 Å². The zero-order valence-electron chi connectivity index (χ0n) is 15.2. The van der Waals surface area contributed by atoms with E-state index < -0.39 is 6.61 Å². The predicted molar refractivity (Wildman–Crippen MR) is 101 cm³/mol. The first kappa shape index (κ1) is 19.4. The molecule has 9 heteroatoms. The van der Waals surface area contributed by atoms with E-state index in [-0.39, 0.29) is 24.4 Å². The maximum Gasteiger partial charge on any atom is 0.387 e. The Kier molecular flexibility index (Phi) is 5.93. The van der Waals surface area contributed by atoms with Crippen LogP contribution in [0, 0.1) is 0 Å². The molecule has 1 fully saturated rings. The van der Waals surface area contributed by atoms with Crippen LogP contribution in [-0.4, -0.2) is 43.7 Å². The van der Waals surface area contributed by atoms with Crippen LogP contribution in [0.1, 0.15) is 5.56 Å². The second-order valence-electron chi connectivity index (χ2n) is 6.24. The number of halogens is 2. The normalized spacial score (nSPS) is 13.4. The molecule has 0 unspecified atom stereocenters. The SMILES string of the molecule is CN(Cc1ccc(OC(F)F)cc1)C(=O)Nc1cccc(N2CCNC2=O)c1. The monoisotopic (exact) mass is 390 g/mol. The van der Waals surface area contributed by atoms with Gasteiger partial charge in [-0.05, 0) is 35.9 Å². The van der Waals surface area contributed by atoms with E-state index in [1.54, 1.807) is 48.3 Å². The van der Waals surface area contributed by atoms with E-state index in [0.29, 0.717) is 24.5 Å². The number of nitrogens with zero attached hydrogens (tertiary/aromatic N) is 2. The number of rotatable bonds is 6. The first-order valence-electron chi connectivity index (χ1n) is 8.63. The van der Waals surface area contributed by atoms with Crippen molar-refractivity contribution >= 4 is 23.4 Å². The van der Waals surface area contributed by atoms with Gasteiger partial charge in [0, 0.05) is 38.1 Å². The number of hydrogen-bond donors (Lipinski definition) is 2. The van der Waals surface area contributed by atoms with Crippen LogP contribution >= 0.6 is 0 Å². The van der Waals surface area contributed by atoms with Gasteiger partial charge in [0.2, 0.25) is 0 Å². The van der Waals surface area contributed by atoms with E-state index >= 15 is 0 Å². The summed E-state index contributed by atoms with van der Waals surface area (Å²) in [6, 6.07) is 12.6. The standard InChI is InChI=1S/C19H20F2N4O3/c1-24(12-13-5-7-16(8-6-13)28-17(20)21)19(27)23-14-3-2-4-15(11-14)25-10-9-22-18(25)26/h2-8,11,17H,9-10,12H2,1H3,(H,22,26)(H,23,27). The fourth-order valence-electron chi connectivity index (χ4n) is 2.81. The molecule has 2 N–H and O–H groups in total. The zero-order valence-corrected chi connectivity index (χ0v) is 15.2. The van der Waals surface area contributed by atoms with Crippen LogP contribution in [-0.2, 0) is 6.54 Å². The molecule has 4 amide bonds. The maximum absolute atomic E-state index is 12.4. The number of alkyl halides is 2. The number of amides is 4. The quantitative estimate of drug-likeness (QED) is 0.793. The molecule has 1 heterocycles. The van der Waals surface area contributed by atoms with Crippen molar-refractivity contribution < 1.29 is 23.1 Å². The summed E-state index contributed by atoms with van der Waals surface area (Å²) in [5.74, 6) is 0.0635. The fraction of sp³-hybridized carbons (Fsp3) is 0.263. The lowest BCUT2D eigenvalue weighted by Crippen LogP contribution is -2.31. The number of anilines is 2. The number of urea groups is 2. The van der Waals surface area contributed by atoms with Gasteiger partial charge in [-0.25, -0.2) is 9.59 Å². The Hall–Kier alpha value is -3.36. The Labute approximate surface area is 160 Å². The zero-order chi connectivity index (χ0) is 20.1. The Morgan fingerprint density at radius 1 is 1.29 bits per heavy atom. The highest BCUT2D eigenvalue weighted by Gasteiger charge is 2.21. The molecule has 7 nitrogen and oxygen atoms in total. The summed E-state index contributed by atoms with van der Waals surface area (Å²) in [5.41, 5.74) is 2.03. The summed E-state index contributed by atoms with van der Waals surface area (Å²) >= 11 is 0. The molecule has 0 radical (unpaired) electrons. The molecule has 0 saturated carbocycles. The van der Waals surface area contributed by atoms with Crippen LogP contribution in [0.2, 0.25) is 0 Å². The van der Waals surface area contributed by atoms with Crippen LogP contribution < -0.4 is 20.3 Å². The van der Waals surface area contributed by atoms with E-state index in [4.69, 9.17) is 0 Å². The minimum absolute atomic E-state index is 0.0635. The van der Waals surface area contributed by atoms with Gasteiger partial charge in [0.15, 0.2) is 0 Å². The third-order valence-corrected chi connectivity index (χ3v) is 4.18. The summed E-state index contributed by atoms with van der Waals surface area (Å²) in [4.78, 5) is 27.3. The molecule has 1 saturated heterocycles. The number of ether oxygens (including phenoxy) is 1. The van der Waals surface area contributed by atoms with Crippen LogP contribution in [0.5, 0.6) is 5.75 Å². The molecule has 2 aromatic rings. The third-order valence-electron chi connectivity index (χ3n) is 4.18. The Morgan fingerprint density at radius 3 is 2.68 bits per heavy atom. The summed E-state index contributed by atoms with van der Waals surface area (Å²) in [6.45, 7) is -1.43. The molecule has 0 bridgehead atoms. The highest BCUT2D eigenvalue weighted by Crippen LogP contribution is 2.21. The fourth-order valence-corrected chi connectivity index (χ4v) is 2.81. The topological polar surface area (TPSA) is 73.9 Å². The lowest BCUT2D eigenvalue weighted by molar-refractivity contribution is -0.0498. The Morgan fingerprint density at radius 2 is 2.04 bits per heavy atom. The van der Waals surface area contributed by atoms with Crippen molar-refractivity contribution in [3.8, 4) is 5.75 Å². The first-order valence-corrected chi connectivity index (χ1v) is 8.63. The molecular formula is C19H20F2N4O3. The Balaban J connectivity index is 1.59. The van der Waals surface area contributed by atoms with Gasteiger partial charge in [-0.2, -0.15) is 8.78 Å². The highest BCUT2D eigenvalue weighted by molar-refractivity contribution is 5.95. The molecule has 28 heavy (non-hydrogen) atoms. The van der Waals surface area contributed by atoms with Gasteiger partial charge in [0.25, 0.3) is 0 Å². The molecule has 3 rings (SSSR count). The third kappa shape index (κ3) is 4.87. The molecule has 0 aliphatic carbocycles. The molecule has 1 aliphatic heterocycles. The molecule has 0 atom stereocenters. The van der Waals surface area contributed by atoms with E-state index in [1.165, 1.54) is 17.0 Å². The van der Waals surface area contributed by atoms with Gasteiger partial charge < -0.3 is 20.3 Å². The van der Waals surface area contributed by atoms with E-state index in [2.05, 4.69) is 15.4 Å². The lowest BCUT2D eigenvalue weighted by Gasteiger charge is -2.19. The number of benzene rings is 2. The highest BCUT2D eigenvalue weighted by atomic mass is 19.3. The van der Waals surface area contributed by atoms with E-state index in [1.807, 2.05) is 0 Å². The van der Waals surface area contributed by atoms with Gasteiger partial charge in [-0.15, -0.1) is 0 Å². The van der Waals surface area contributed by atoms with Crippen molar-refractivity contribution in [2.45, 2.75) is 13.2 Å². The van der Waals surface area contributed by atoms with Crippen LogP contribution in [0.25, 0.3) is 0 Å². The van der Waals surface area contributed by atoms with Crippen molar-refractivity contribution in [1.29, 1.82) is 0 Å². The second kappa shape index (κ2) is 8.55. The number of carbonyl (C=O) groups is 2. The number of nitrogens with one attached hydrogen (secondary N) is 2. The molecule has 0 spiro atoms. The van der Waals surface area contributed by atoms with E-state index in [0.717, 1.165) is 5.56 Å². The van der Waals surface area contributed by atoms with Crippen molar-refractivity contribution in [3.05, 3.63) is 54.1 Å². The van der Waals surface area contributed by atoms with Crippen LogP contribution in [0.3, 0.4) is 0 Å². The molecule has 1 aliphatic rings. The summed E-state index contributed by atoms with van der Waals surface area (Å²) in [5, 5.41) is 5.51. The van der Waals surface area contributed by atoms with Gasteiger partial charge in [-0.3, -0.25) is 4.90 Å². The largest absolute Gasteiger partial charge is 0.435 e. The van der Waals surface area contributed by atoms with Gasteiger partial charge in [0.1, 0.15) is 5.75 Å². The smallest absolute Gasteiger partial charge is 0.387 e. The average Bonchev–Trinajstić information content (AvgIpc) is 3.09. The van der Waals surface area contributed by atoms with Crippen molar-refractivity contribution in [2.75, 3.05) is 30.4 Å². The molecule has 0 aromatic heterocycles. The summed E-state index contributed by atoms with van der Waals surface area (Å²) < 4.78 is 28.7. The van der Waals surface area contributed by atoms with Crippen LogP contribution in [0.15, 0.2) is 48.5 Å². The van der Waals surface area contributed by atoms with Crippen molar-refractivity contribution in [3.63, 3.8) is 0 Å². The van der Waals surface area contributed by atoms with Crippen molar-refractivity contribution in [1.82, 2.24) is 10.2 Å².